The second-order valence-electron chi connectivity index (χ2n) is 5.91. The van der Waals surface area contributed by atoms with Gasteiger partial charge < -0.3 is 9.80 Å². The molecular weight excluding hydrogens is 317 g/mol. The Balaban J connectivity index is 1.92. The van der Waals surface area contributed by atoms with Crippen LogP contribution in [0.25, 0.3) is 6.08 Å². The van der Waals surface area contributed by atoms with E-state index in [1.807, 2.05) is 14.1 Å². The molecule has 2 heterocycles. The molecule has 2 aliphatic heterocycles. The summed E-state index contributed by atoms with van der Waals surface area (Å²) in [5.41, 5.74) is 1.51. The number of imide groups is 1. The summed E-state index contributed by atoms with van der Waals surface area (Å²) in [6, 6.07) is 5.01. The van der Waals surface area contributed by atoms with Crippen molar-refractivity contribution in [3.05, 3.63) is 34.5 Å². The molecule has 2 fully saturated rings. The molecule has 2 aliphatic rings. The number of rotatable bonds is 3. The Kier molecular flexibility index (Phi) is 4.41. The normalized spacial score (nSPS) is 23.2. The zero-order chi connectivity index (χ0) is 16.6. The van der Waals surface area contributed by atoms with Gasteiger partial charge in [-0.05, 0) is 56.6 Å². The van der Waals surface area contributed by atoms with Gasteiger partial charge >= 0.3 is 0 Å². The van der Waals surface area contributed by atoms with Crippen LogP contribution in [0.15, 0.2) is 23.1 Å². The molecule has 0 spiro atoms. The van der Waals surface area contributed by atoms with E-state index in [4.69, 9.17) is 0 Å². The van der Waals surface area contributed by atoms with Crippen molar-refractivity contribution in [2.45, 2.75) is 12.5 Å². The van der Waals surface area contributed by atoms with Gasteiger partial charge in [-0.15, -0.1) is 0 Å². The minimum atomic E-state index is -0.428. The molecule has 0 aliphatic carbocycles. The molecule has 0 radical (unpaired) electrons. The quantitative estimate of drug-likeness (QED) is 0.859. The first-order valence-electron chi connectivity index (χ1n) is 7.40. The number of anilines is 1. The van der Waals surface area contributed by atoms with E-state index in [2.05, 4.69) is 15.1 Å². The Morgan fingerprint density at radius 3 is 2.78 bits per heavy atom. The summed E-state index contributed by atoms with van der Waals surface area (Å²) in [6.07, 6.45) is 2.63. The molecule has 1 N–H and O–H groups in total. The van der Waals surface area contributed by atoms with Crippen LogP contribution < -0.4 is 10.2 Å². The lowest BCUT2D eigenvalue weighted by Crippen LogP contribution is -2.31. The van der Waals surface area contributed by atoms with Gasteiger partial charge in [-0.3, -0.25) is 14.9 Å². The predicted octanol–water partition coefficient (Wildman–Crippen LogP) is 2.29. The third-order valence-corrected chi connectivity index (χ3v) is 4.96. The number of hydrogen-bond acceptors (Lipinski definition) is 5. The lowest BCUT2D eigenvalue weighted by Gasteiger charge is -2.23. The smallest absolute Gasteiger partial charge is 0.290 e. The van der Waals surface area contributed by atoms with Crippen LogP contribution in [0.5, 0.6) is 0 Å². The summed E-state index contributed by atoms with van der Waals surface area (Å²) >= 11 is 0.843. The van der Waals surface area contributed by atoms with Crippen LogP contribution in [-0.2, 0) is 4.79 Å². The van der Waals surface area contributed by atoms with E-state index in [0.29, 0.717) is 16.5 Å². The van der Waals surface area contributed by atoms with Gasteiger partial charge in [0.15, 0.2) is 0 Å². The van der Waals surface area contributed by atoms with Crippen molar-refractivity contribution < 1.29 is 14.0 Å². The van der Waals surface area contributed by atoms with Crippen LogP contribution in [0.2, 0.25) is 0 Å². The SMILES string of the molecule is CN(C)[C@H]1CCN(c2ccc(F)cc2C=C2SC(=O)NC2=O)C1. The first-order chi connectivity index (χ1) is 10.9. The Hall–Kier alpha value is -1.86. The third kappa shape index (κ3) is 3.40. The number of amides is 2. The van der Waals surface area contributed by atoms with Crippen molar-refractivity contribution in [2.75, 3.05) is 32.1 Å². The number of thioether (sulfide) groups is 1. The van der Waals surface area contributed by atoms with Gasteiger partial charge in [-0.2, -0.15) is 0 Å². The fourth-order valence-electron chi connectivity index (χ4n) is 2.87. The summed E-state index contributed by atoms with van der Waals surface area (Å²) in [7, 11) is 4.10. The van der Waals surface area contributed by atoms with Gasteiger partial charge in [0.2, 0.25) is 0 Å². The van der Waals surface area contributed by atoms with Gasteiger partial charge in [-0.25, -0.2) is 4.39 Å². The number of hydrogen-bond donors (Lipinski definition) is 1. The molecule has 0 bridgehead atoms. The molecule has 2 amide bonds. The highest BCUT2D eigenvalue weighted by atomic mass is 32.2. The Morgan fingerprint density at radius 1 is 1.39 bits per heavy atom. The number of carbonyl (C=O) groups is 2. The van der Waals surface area contributed by atoms with Crippen LogP contribution in [-0.4, -0.2) is 49.3 Å². The molecule has 1 aromatic carbocycles. The summed E-state index contributed by atoms with van der Waals surface area (Å²) < 4.78 is 13.7. The first-order valence-corrected chi connectivity index (χ1v) is 8.21. The van der Waals surface area contributed by atoms with Gasteiger partial charge in [0, 0.05) is 30.4 Å². The average molecular weight is 335 g/mol. The molecule has 7 heteroatoms. The maximum atomic E-state index is 13.7. The van der Waals surface area contributed by atoms with E-state index in [1.54, 1.807) is 12.1 Å². The number of benzene rings is 1. The number of nitrogens with zero attached hydrogens (tertiary/aromatic N) is 2. The molecule has 1 atom stereocenters. The monoisotopic (exact) mass is 335 g/mol. The highest BCUT2D eigenvalue weighted by Gasteiger charge is 2.28. The fourth-order valence-corrected chi connectivity index (χ4v) is 3.55. The van der Waals surface area contributed by atoms with E-state index >= 15 is 0 Å². The van der Waals surface area contributed by atoms with E-state index in [-0.39, 0.29) is 5.82 Å². The second kappa shape index (κ2) is 6.33. The zero-order valence-electron chi connectivity index (χ0n) is 13.0. The molecule has 2 saturated heterocycles. The maximum Gasteiger partial charge on any atom is 0.290 e. The maximum absolute atomic E-state index is 13.7. The van der Waals surface area contributed by atoms with Crippen LogP contribution in [0, 0.1) is 5.82 Å². The van der Waals surface area contributed by atoms with Crippen molar-refractivity contribution in [2.24, 2.45) is 0 Å². The third-order valence-electron chi connectivity index (χ3n) is 4.15. The molecule has 0 unspecified atom stereocenters. The van der Waals surface area contributed by atoms with Crippen LogP contribution in [0.3, 0.4) is 0 Å². The van der Waals surface area contributed by atoms with Gasteiger partial charge in [-0.1, -0.05) is 0 Å². The van der Waals surface area contributed by atoms with Gasteiger partial charge in [0.05, 0.1) is 4.91 Å². The topological polar surface area (TPSA) is 52.6 Å². The Bertz CT molecular complexity index is 690. The molecule has 0 saturated carbocycles. The number of halogens is 1. The predicted molar refractivity (Wildman–Crippen MR) is 89.8 cm³/mol. The molecule has 1 aromatic rings. The minimum absolute atomic E-state index is 0.296. The van der Waals surface area contributed by atoms with E-state index in [0.717, 1.165) is 37.0 Å². The molecule has 3 rings (SSSR count). The molecule has 122 valence electrons. The summed E-state index contributed by atoms with van der Waals surface area (Å²) in [5, 5.41) is 1.82. The van der Waals surface area contributed by atoms with Gasteiger partial charge in [0.25, 0.3) is 11.1 Å². The van der Waals surface area contributed by atoms with Crippen LogP contribution in [0.1, 0.15) is 12.0 Å². The standard InChI is InChI=1S/C16H18FN3O2S/c1-19(2)12-5-6-20(9-12)13-4-3-11(17)7-10(13)8-14-15(21)18-16(22)23-14/h3-4,7-8,12H,5-6,9H2,1-2H3,(H,18,21,22)/t12-/m0/s1. The number of nitrogens with one attached hydrogen (secondary N) is 1. The summed E-state index contributed by atoms with van der Waals surface area (Å²) in [4.78, 5) is 27.7. The summed E-state index contributed by atoms with van der Waals surface area (Å²) in [6.45, 7) is 1.73. The van der Waals surface area contributed by atoms with Gasteiger partial charge in [0.1, 0.15) is 5.82 Å². The number of likely N-dealkylation sites (N-methyl/N-ethyl adjacent to an activating group) is 1. The van der Waals surface area contributed by atoms with Crippen LogP contribution in [0.4, 0.5) is 14.9 Å². The average Bonchev–Trinajstić information content (AvgIpc) is 3.07. The highest BCUT2D eigenvalue weighted by molar-refractivity contribution is 8.18. The van der Waals surface area contributed by atoms with E-state index in [9.17, 15) is 14.0 Å². The molecule has 5 nitrogen and oxygen atoms in total. The second-order valence-corrected chi connectivity index (χ2v) is 6.92. The lowest BCUT2D eigenvalue weighted by atomic mass is 10.1. The van der Waals surface area contributed by atoms with E-state index in [1.165, 1.54) is 12.1 Å². The van der Waals surface area contributed by atoms with Crippen molar-refractivity contribution in [1.29, 1.82) is 0 Å². The van der Waals surface area contributed by atoms with Crippen molar-refractivity contribution >= 4 is 34.7 Å². The van der Waals surface area contributed by atoms with E-state index < -0.39 is 11.1 Å². The Labute approximate surface area is 138 Å². The molecule has 23 heavy (non-hydrogen) atoms. The minimum Gasteiger partial charge on any atom is -0.369 e. The zero-order valence-corrected chi connectivity index (χ0v) is 13.8. The van der Waals surface area contributed by atoms with Crippen molar-refractivity contribution in [3.8, 4) is 0 Å². The summed E-state index contributed by atoms with van der Waals surface area (Å²) in [5.74, 6) is -0.790. The highest BCUT2D eigenvalue weighted by Crippen LogP contribution is 2.32. The lowest BCUT2D eigenvalue weighted by molar-refractivity contribution is -0.115. The Morgan fingerprint density at radius 2 is 2.17 bits per heavy atom. The first kappa shape index (κ1) is 16.0. The van der Waals surface area contributed by atoms with Crippen molar-refractivity contribution in [1.82, 2.24) is 10.2 Å². The number of carbonyl (C=O) groups excluding carboxylic acids is 2. The fraction of sp³-hybridized carbons (Fsp3) is 0.375. The molecular formula is C16H18FN3O2S. The molecule has 0 aromatic heterocycles. The van der Waals surface area contributed by atoms with Crippen LogP contribution >= 0.6 is 11.8 Å². The van der Waals surface area contributed by atoms with Crippen molar-refractivity contribution in [3.63, 3.8) is 0 Å². The largest absolute Gasteiger partial charge is 0.369 e.